The number of unbranched alkanes of at least 4 members (excludes halogenated alkanes) is 9. The van der Waals surface area contributed by atoms with Crippen molar-refractivity contribution in [3.8, 4) is 5.75 Å². The predicted molar refractivity (Wildman–Crippen MR) is 163 cm³/mol. The van der Waals surface area contributed by atoms with Gasteiger partial charge in [-0.25, -0.2) is 9.59 Å². The van der Waals surface area contributed by atoms with Crippen LogP contribution < -0.4 is 4.74 Å². The summed E-state index contributed by atoms with van der Waals surface area (Å²) < 4.78 is 21.3. The minimum absolute atomic E-state index is 0.105. The number of benzene rings is 2. The van der Waals surface area contributed by atoms with Crippen LogP contribution in [0.15, 0.2) is 54.6 Å². The molecule has 2 aromatic rings. The maximum atomic E-state index is 12.7. The fourth-order valence-corrected chi connectivity index (χ4v) is 4.25. The molecule has 0 radical (unpaired) electrons. The summed E-state index contributed by atoms with van der Waals surface area (Å²) in [6.45, 7) is 7.41. The van der Waals surface area contributed by atoms with Crippen LogP contribution in [-0.4, -0.2) is 48.4 Å². The van der Waals surface area contributed by atoms with Crippen LogP contribution in [0.2, 0.25) is 0 Å². The van der Waals surface area contributed by atoms with Gasteiger partial charge in [0.2, 0.25) is 6.79 Å². The van der Waals surface area contributed by atoms with Gasteiger partial charge in [-0.15, -0.1) is 0 Å². The highest BCUT2D eigenvalue weighted by Crippen LogP contribution is 2.17. The summed E-state index contributed by atoms with van der Waals surface area (Å²) >= 11 is 0. The zero-order valence-corrected chi connectivity index (χ0v) is 25.9. The molecule has 2 aromatic carbocycles. The highest BCUT2D eigenvalue weighted by Gasteiger charge is 2.30. The van der Waals surface area contributed by atoms with Gasteiger partial charge in [0, 0.05) is 5.54 Å². The fraction of sp³-hybridized carbons (Fsp3) is 0.559. The largest absolute Gasteiger partial charge is 0.494 e. The molecule has 2 rings (SSSR count). The first-order valence-corrected chi connectivity index (χ1v) is 15.2. The standard InChI is InChI=1S/C34H49NO7/c1-5-6-7-8-9-10-11-12-13-17-24-39-30-22-20-29(21-23-30)32(37)41-27-42-33(38)35(34(2,3)4)25-31(36)40-26-28-18-15-14-16-19-28/h14-16,18-23H,5-13,17,24-27H2,1-4H3. The highest BCUT2D eigenvalue weighted by molar-refractivity contribution is 5.89. The maximum Gasteiger partial charge on any atom is 0.413 e. The van der Waals surface area contributed by atoms with Crippen LogP contribution in [0.1, 0.15) is 108 Å². The van der Waals surface area contributed by atoms with Crippen molar-refractivity contribution in [3.05, 3.63) is 65.7 Å². The van der Waals surface area contributed by atoms with Gasteiger partial charge in [0.1, 0.15) is 18.9 Å². The Balaban J connectivity index is 1.65. The zero-order valence-electron chi connectivity index (χ0n) is 25.9. The SMILES string of the molecule is CCCCCCCCCCCCOc1ccc(C(=O)OCOC(=O)N(CC(=O)OCc2ccccc2)C(C)(C)C)cc1. The Morgan fingerprint density at radius 3 is 1.90 bits per heavy atom. The third-order valence-electron chi connectivity index (χ3n) is 6.79. The van der Waals surface area contributed by atoms with E-state index in [9.17, 15) is 14.4 Å². The molecule has 8 nitrogen and oxygen atoms in total. The Kier molecular flexibility index (Phi) is 16.1. The molecule has 0 N–H and O–H groups in total. The first-order valence-electron chi connectivity index (χ1n) is 15.2. The molecule has 0 bridgehead atoms. The van der Waals surface area contributed by atoms with Crippen LogP contribution in [0.25, 0.3) is 0 Å². The second kappa shape index (κ2) is 19.5. The Morgan fingerprint density at radius 1 is 0.714 bits per heavy atom. The lowest BCUT2D eigenvalue weighted by molar-refractivity contribution is -0.147. The molecule has 8 heteroatoms. The van der Waals surface area contributed by atoms with Crippen molar-refractivity contribution in [2.75, 3.05) is 19.9 Å². The molecule has 0 saturated carbocycles. The Bertz CT molecular complexity index is 1050. The summed E-state index contributed by atoms with van der Waals surface area (Å²) in [6.07, 6.45) is 11.9. The molecule has 0 unspecified atom stereocenters. The second-order valence-corrected chi connectivity index (χ2v) is 11.4. The van der Waals surface area contributed by atoms with Crippen LogP contribution in [0.5, 0.6) is 5.75 Å². The highest BCUT2D eigenvalue weighted by atomic mass is 16.7. The van der Waals surface area contributed by atoms with Crippen molar-refractivity contribution in [1.82, 2.24) is 4.90 Å². The normalized spacial score (nSPS) is 11.0. The van der Waals surface area contributed by atoms with Gasteiger partial charge < -0.3 is 18.9 Å². The van der Waals surface area contributed by atoms with E-state index in [1.807, 2.05) is 30.3 Å². The van der Waals surface area contributed by atoms with Gasteiger partial charge in [-0.1, -0.05) is 95.0 Å². The van der Waals surface area contributed by atoms with E-state index in [1.54, 1.807) is 45.0 Å². The molecule has 0 heterocycles. The van der Waals surface area contributed by atoms with Crippen molar-refractivity contribution in [2.45, 2.75) is 104 Å². The number of hydrogen-bond donors (Lipinski definition) is 0. The average Bonchev–Trinajstić information content (AvgIpc) is 2.97. The third-order valence-corrected chi connectivity index (χ3v) is 6.79. The Morgan fingerprint density at radius 2 is 1.31 bits per heavy atom. The van der Waals surface area contributed by atoms with Gasteiger partial charge in [0.25, 0.3) is 0 Å². The molecule has 1 amide bonds. The monoisotopic (exact) mass is 583 g/mol. The number of ether oxygens (including phenoxy) is 4. The van der Waals surface area contributed by atoms with Crippen molar-refractivity contribution in [3.63, 3.8) is 0 Å². The summed E-state index contributed by atoms with van der Waals surface area (Å²) in [7, 11) is 0. The van der Waals surface area contributed by atoms with Crippen LogP contribution in [0.4, 0.5) is 4.79 Å². The smallest absolute Gasteiger partial charge is 0.413 e. The van der Waals surface area contributed by atoms with E-state index in [2.05, 4.69) is 6.92 Å². The molecule has 0 aliphatic rings. The minimum atomic E-state index is -0.789. The molecule has 0 spiro atoms. The first-order chi connectivity index (χ1) is 20.2. The van der Waals surface area contributed by atoms with Crippen LogP contribution in [0, 0.1) is 0 Å². The van der Waals surface area contributed by atoms with Gasteiger partial charge in [0.05, 0.1) is 12.2 Å². The van der Waals surface area contributed by atoms with Gasteiger partial charge in [-0.3, -0.25) is 9.69 Å². The van der Waals surface area contributed by atoms with Crippen LogP contribution in [-0.2, 0) is 25.6 Å². The van der Waals surface area contributed by atoms with Gasteiger partial charge in [0.15, 0.2) is 0 Å². The maximum absolute atomic E-state index is 12.7. The zero-order chi connectivity index (χ0) is 30.6. The van der Waals surface area contributed by atoms with Crippen molar-refractivity contribution >= 4 is 18.0 Å². The first kappa shape index (κ1) is 34.7. The van der Waals surface area contributed by atoms with Crippen molar-refractivity contribution in [1.29, 1.82) is 0 Å². The van der Waals surface area contributed by atoms with E-state index in [0.717, 1.165) is 18.4 Å². The van der Waals surface area contributed by atoms with Crippen molar-refractivity contribution < 1.29 is 33.3 Å². The quantitative estimate of drug-likeness (QED) is 0.0938. The molecular formula is C34H49NO7. The molecule has 0 atom stereocenters. The summed E-state index contributed by atoms with van der Waals surface area (Å²) in [5.41, 5.74) is 0.433. The molecule has 0 aliphatic heterocycles. The lowest BCUT2D eigenvalue weighted by atomic mass is 10.1. The Hall–Kier alpha value is -3.55. The molecule has 0 fully saturated rings. The number of rotatable bonds is 19. The summed E-state index contributed by atoms with van der Waals surface area (Å²) in [5, 5.41) is 0. The molecule has 0 aliphatic carbocycles. The van der Waals surface area contributed by atoms with Crippen LogP contribution in [0.3, 0.4) is 0 Å². The molecule has 232 valence electrons. The lowest BCUT2D eigenvalue weighted by Gasteiger charge is -2.33. The molecule has 0 saturated heterocycles. The fourth-order valence-electron chi connectivity index (χ4n) is 4.25. The minimum Gasteiger partial charge on any atom is -0.494 e. The molecular weight excluding hydrogens is 534 g/mol. The molecule has 42 heavy (non-hydrogen) atoms. The van der Waals surface area contributed by atoms with E-state index >= 15 is 0 Å². The Labute approximate surface area is 251 Å². The molecule has 0 aromatic heterocycles. The second-order valence-electron chi connectivity index (χ2n) is 11.4. The third kappa shape index (κ3) is 14.4. The number of nitrogens with zero attached hydrogens (tertiary/aromatic N) is 1. The van der Waals surface area contributed by atoms with E-state index in [0.29, 0.717) is 17.9 Å². The number of hydrogen-bond acceptors (Lipinski definition) is 7. The van der Waals surface area contributed by atoms with E-state index in [4.69, 9.17) is 18.9 Å². The average molecular weight is 584 g/mol. The summed E-state index contributed by atoms with van der Waals surface area (Å²) in [5.74, 6) is -0.513. The lowest BCUT2D eigenvalue weighted by Crippen LogP contribution is -2.49. The van der Waals surface area contributed by atoms with E-state index in [-0.39, 0.29) is 13.2 Å². The summed E-state index contributed by atoms with van der Waals surface area (Å²) in [6, 6.07) is 15.9. The van der Waals surface area contributed by atoms with E-state index in [1.165, 1.54) is 56.3 Å². The number of carbonyl (C=O) groups is 3. The summed E-state index contributed by atoms with van der Waals surface area (Å²) in [4.78, 5) is 38.7. The van der Waals surface area contributed by atoms with Crippen LogP contribution >= 0.6 is 0 Å². The van der Waals surface area contributed by atoms with E-state index < -0.39 is 30.4 Å². The number of amides is 1. The predicted octanol–water partition coefficient (Wildman–Crippen LogP) is 8.08. The number of esters is 2. The van der Waals surface area contributed by atoms with Gasteiger partial charge in [-0.05, 0) is 57.0 Å². The van der Waals surface area contributed by atoms with Crippen molar-refractivity contribution in [2.24, 2.45) is 0 Å². The van der Waals surface area contributed by atoms with Gasteiger partial charge >= 0.3 is 18.0 Å². The van der Waals surface area contributed by atoms with Gasteiger partial charge in [-0.2, -0.15) is 0 Å². The number of carbonyl (C=O) groups excluding carboxylic acids is 3. The topological polar surface area (TPSA) is 91.4 Å².